The van der Waals surface area contributed by atoms with Crippen LogP contribution < -0.4 is 10.6 Å². The first-order valence-electron chi connectivity index (χ1n) is 6.88. The van der Waals surface area contributed by atoms with Gasteiger partial charge in [0.05, 0.1) is 12.6 Å². The molecule has 3 unspecified atom stereocenters. The first-order chi connectivity index (χ1) is 8.63. The minimum atomic E-state index is -0.0859. The number of rotatable bonds is 4. The fraction of sp³-hybridized carbons (Fsp3) is 0.846. The van der Waals surface area contributed by atoms with E-state index in [-0.39, 0.29) is 24.4 Å². The molecule has 0 spiro atoms. The molecule has 2 fully saturated rings. The van der Waals surface area contributed by atoms with Crippen LogP contribution in [0.3, 0.4) is 0 Å². The Morgan fingerprint density at radius 2 is 2.17 bits per heavy atom. The van der Waals surface area contributed by atoms with Gasteiger partial charge in [-0.05, 0) is 38.1 Å². The maximum Gasteiger partial charge on any atom is 0.241 e. The molecule has 2 aliphatic rings. The molecule has 0 aromatic carbocycles. The van der Waals surface area contributed by atoms with Gasteiger partial charge < -0.3 is 15.5 Å². The highest BCUT2D eigenvalue weighted by atomic mass is 16.2. The lowest BCUT2D eigenvalue weighted by Gasteiger charge is -2.19. The van der Waals surface area contributed by atoms with Gasteiger partial charge in [0.15, 0.2) is 0 Å². The van der Waals surface area contributed by atoms with Crippen LogP contribution in [-0.4, -0.2) is 49.4 Å². The van der Waals surface area contributed by atoms with E-state index in [1.807, 2.05) is 6.92 Å². The van der Waals surface area contributed by atoms with Crippen molar-refractivity contribution in [2.24, 2.45) is 11.8 Å². The number of carbonyl (C=O) groups excluding carboxylic acids is 2. The molecule has 0 bridgehead atoms. The molecule has 18 heavy (non-hydrogen) atoms. The molecule has 1 aliphatic heterocycles. The van der Waals surface area contributed by atoms with Gasteiger partial charge in [-0.15, -0.1) is 0 Å². The van der Waals surface area contributed by atoms with Crippen molar-refractivity contribution in [3.63, 3.8) is 0 Å². The van der Waals surface area contributed by atoms with E-state index in [0.29, 0.717) is 18.4 Å². The van der Waals surface area contributed by atoms with Gasteiger partial charge >= 0.3 is 0 Å². The lowest BCUT2D eigenvalue weighted by Crippen LogP contribution is -2.47. The fourth-order valence-electron chi connectivity index (χ4n) is 3.06. The van der Waals surface area contributed by atoms with Gasteiger partial charge in [0, 0.05) is 13.6 Å². The van der Waals surface area contributed by atoms with Crippen LogP contribution >= 0.6 is 0 Å². The number of carbonyl (C=O) groups is 2. The Bertz CT molecular complexity index is 332. The Morgan fingerprint density at radius 1 is 1.39 bits per heavy atom. The molecule has 0 aromatic heterocycles. The van der Waals surface area contributed by atoms with Crippen LogP contribution in [0.15, 0.2) is 0 Å². The molecule has 0 aromatic rings. The van der Waals surface area contributed by atoms with Crippen LogP contribution in [0.25, 0.3) is 0 Å². The maximum absolute atomic E-state index is 12.1. The van der Waals surface area contributed by atoms with E-state index in [9.17, 15) is 9.59 Å². The second kappa shape index (κ2) is 5.69. The molecule has 102 valence electrons. The van der Waals surface area contributed by atoms with Gasteiger partial charge in [-0.1, -0.05) is 6.42 Å². The number of nitrogens with one attached hydrogen (secondary N) is 2. The van der Waals surface area contributed by atoms with Crippen molar-refractivity contribution >= 4 is 11.8 Å². The first-order valence-corrected chi connectivity index (χ1v) is 6.88. The number of nitrogens with zero attached hydrogens (tertiary/aromatic N) is 1. The van der Waals surface area contributed by atoms with Crippen LogP contribution in [0.5, 0.6) is 0 Å². The van der Waals surface area contributed by atoms with Crippen molar-refractivity contribution in [3.05, 3.63) is 0 Å². The van der Waals surface area contributed by atoms with Crippen LogP contribution in [0, 0.1) is 11.8 Å². The third kappa shape index (κ3) is 2.66. The number of hydrogen-bond donors (Lipinski definition) is 2. The van der Waals surface area contributed by atoms with Gasteiger partial charge in [0.2, 0.25) is 11.8 Å². The Morgan fingerprint density at radius 3 is 2.89 bits per heavy atom. The van der Waals surface area contributed by atoms with Crippen LogP contribution in [0.1, 0.15) is 26.2 Å². The highest BCUT2D eigenvalue weighted by molar-refractivity contribution is 5.87. The molecule has 2 amide bonds. The largest absolute Gasteiger partial charge is 0.346 e. The molecule has 1 aliphatic carbocycles. The molecule has 1 saturated heterocycles. The van der Waals surface area contributed by atoms with Crippen LogP contribution in [0.2, 0.25) is 0 Å². The summed E-state index contributed by atoms with van der Waals surface area (Å²) in [5, 5.41) is 6.05. The molecule has 1 saturated carbocycles. The summed E-state index contributed by atoms with van der Waals surface area (Å²) in [5.41, 5.74) is 0. The van der Waals surface area contributed by atoms with E-state index in [4.69, 9.17) is 0 Å². The molecular weight excluding hydrogens is 230 g/mol. The number of likely N-dealkylation sites (N-methyl/N-ethyl adjacent to an activating group) is 1. The van der Waals surface area contributed by atoms with Crippen molar-refractivity contribution in [3.8, 4) is 0 Å². The Hall–Kier alpha value is -1.10. The van der Waals surface area contributed by atoms with Crippen LogP contribution in [-0.2, 0) is 9.59 Å². The zero-order valence-electron chi connectivity index (χ0n) is 11.2. The summed E-state index contributed by atoms with van der Waals surface area (Å²) < 4.78 is 0. The summed E-state index contributed by atoms with van der Waals surface area (Å²) in [6.07, 6.45) is 3.61. The maximum atomic E-state index is 12.1. The summed E-state index contributed by atoms with van der Waals surface area (Å²) in [6, 6.07) is -0.0859. The fourth-order valence-corrected chi connectivity index (χ4v) is 3.06. The van der Waals surface area contributed by atoms with Crippen molar-refractivity contribution in [1.29, 1.82) is 0 Å². The van der Waals surface area contributed by atoms with Crippen molar-refractivity contribution in [2.45, 2.75) is 32.2 Å². The summed E-state index contributed by atoms with van der Waals surface area (Å²) in [5.74, 6) is 1.09. The van der Waals surface area contributed by atoms with Gasteiger partial charge in [-0.2, -0.15) is 0 Å². The predicted octanol–water partition coefficient (Wildman–Crippen LogP) is -0.0310. The summed E-state index contributed by atoms with van der Waals surface area (Å²) in [4.78, 5) is 25.3. The average molecular weight is 253 g/mol. The quantitative estimate of drug-likeness (QED) is 0.739. The Balaban J connectivity index is 1.80. The molecule has 2 rings (SSSR count). The van der Waals surface area contributed by atoms with E-state index in [0.717, 1.165) is 13.0 Å². The monoisotopic (exact) mass is 253 g/mol. The van der Waals surface area contributed by atoms with E-state index in [2.05, 4.69) is 10.6 Å². The Kier molecular flexibility index (Phi) is 4.22. The standard InChI is InChI=1S/C13H23N3O2/c1-3-16(2)11(17)8-15-13(18)12-10-6-4-5-9(10)7-14-12/h9-10,12,14H,3-8H2,1-2H3,(H,15,18). The van der Waals surface area contributed by atoms with E-state index in [1.165, 1.54) is 12.8 Å². The second-order valence-corrected chi connectivity index (χ2v) is 5.37. The Labute approximate surface area is 108 Å². The molecule has 5 nitrogen and oxygen atoms in total. The number of hydrogen-bond acceptors (Lipinski definition) is 3. The normalized spacial score (nSPS) is 30.0. The molecule has 1 heterocycles. The van der Waals surface area contributed by atoms with Crippen LogP contribution in [0.4, 0.5) is 0 Å². The van der Waals surface area contributed by atoms with E-state index >= 15 is 0 Å². The van der Waals surface area contributed by atoms with Gasteiger partial charge in [-0.25, -0.2) is 0 Å². The molecule has 5 heteroatoms. The van der Waals surface area contributed by atoms with Gasteiger partial charge in [0.25, 0.3) is 0 Å². The zero-order valence-corrected chi connectivity index (χ0v) is 11.2. The van der Waals surface area contributed by atoms with E-state index in [1.54, 1.807) is 11.9 Å². The predicted molar refractivity (Wildman–Crippen MR) is 68.9 cm³/mol. The van der Waals surface area contributed by atoms with Crippen molar-refractivity contribution < 1.29 is 9.59 Å². The third-order valence-corrected chi connectivity index (χ3v) is 4.34. The van der Waals surface area contributed by atoms with Gasteiger partial charge in [0.1, 0.15) is 0 Å². The lowest BCUT2D eigenvalue weighted by atomic mass is 9.94. The number of amides is 2. The summed E-state index contributed by atoms with van der Waals surface area (Å²) >= 11 is 0. The third-order valence-electron chi connectivity index (χ3n) is 4.34. The molecular formula is C13H23N3O2. The van der Waals surface area contributed by atoms with E-state index < -0.39 is 0 Å². The molecule has 2 N–H and O–H groups in total. The molecule has 3 atom stereocenters. The minimum absolute atomic E-state index is 0.0118. The minimum Gasteiger partial charge on any atom is -0.346 e. The smallest absolute Gasteiger partial charge is 0.241 e. The first kappa shape index (κ1) is 13.3. The summed E-state index contributed by atoms with van der Waals surface area (Å²) in [7, 11) is 1.75. The van der Waals surface area contributed by atoms with Gasteiger partial charge in [-0.3, -0.25) is 9.59 Å². The molecule has 0 radical (unpaired) electrons. The van der Waals surface area contributed by atoms with Crippen molar-refractivity contribution in [2.75, 3.05) is 26.7 Å². The van der Waals surface area contributed by atoms with Crippen molar-refractivity contribution in [1.82, 2.24) is 15.5 Å². The topological polar surface area (TPSA) is 61.4 Å². The summed E-state index contributed by atoms with van der Waals surface area (Å²) in [6.45, 7) is 3.65. The second-order valence-electron chi connectivity index (χ2n) is 5.37. The lowest BCUT2D eigenvalue weighted by molar-refractivity contribution is -0.132. The zero-order chi connectivity index (χ0) is 13.1. The average Bonchev–Trinajstić information content (AvgIpc) is 2.96. The SMILES string of the molecule is CCN(C)C(=O)CNC(=O)C1NCC2CCCC21. The number of fused-ring (bicyclic) bond motifs is 1. The highest BCUT2D eigenvalue weighted by Crippen LogP contribution is 2.37. The highest BCUT2D eigenvalue weighted by Gasteiger charge is 2.42.